The molecule has 0 spiro atoms. The summed E-state index contributed by atoms with van der Waals surface area (Å²) in [6.45, 7) is 1.98. The van der Waals surface area contributed by atoms with Gasteiger partial charge < -0.3 is 5.11 Å². The van der Waals surface area contributed by atoms with Crippen molar-refractivity contribution >= 4 is 16.7 Å². The Balaban J connectivity index is 2.16. The fourth-order valence-corrected chi connectivity index (χ4v) is 2.14. The van der Waals surface area contributed by atoms with Crippen LogP contribution in [0.1, 0.15) is 18.9 Å². The van der Waals surface area contributed by atoms with E-state index in [-0.39, 0.29) is 12.3 Å². The average Bonchev–Trinajstić information content (AvgIpc) is 2.27. The molecule has 2 aromatic rings. The van der Waals surface area contributed by atoms with E-state index >= 15 is 0 Å². The van der Waals surface area contributed by atoms with E-state index in [2.05, 4.69) is 30.3 Å². The Kier molecular flexibility index (Phi) is 3.43. The lowest BCUT2D eigenvalue weighted by atomic mass is 9.96. The van der Waals surface area contributed by atoms with Gasteiger partial charge >= 0.3 is 5.97 Å². The van der Waals surface area contributed by atoms with Crippen LogP contribution in [0.4, 0.5) is 0 Å². The number of benzene rings is 2. The minimum Gasteiger partial charge on any atom is -0.481 e. The third-order valence-electron chi connectivity index (χ3n) is 2.92. The van der Waals surface area contributed by atoms with Gasteiger partial charge in [0.2, 0.25) is 0 Å². The van der Waals surface area contributed by atoms with Crippen LogP contribution >= 0.6 is 0 Å². The second-order valence-corrected chi connectivity index (χ2v) is 4.59. The van der Waals surface area contributed by atoms with E-state index in [0.717, 1.165) is 6.42 Å². The van der Waals surface area contributed by atoms with Crippen LogP contribution in [0.3, 0.4) is 0 Å². The minimum absolute atomic E-state index is 0.175. The Labute approximate surface area is 101 Å². The topological polar surface area (TPSA) is 37.3 Å². The Bertz CT molecular complexity index is 531. The zero-order chi connectivity index (χ0) is 12.3. The number of hydrogen-bond donors (Lipinski definition) is 1. The maximum Gasteiger partial charge on any atom is 0.303 e. The van der Waals surface area contributed by atoms with E-state index in [9.17, 15) is 4.79 Å². The molecule has 0 amide bonds. The highest BCUT2D eigenvalue weighted by Gasteiger charge is 2.08. The molecule has 2 rings (SSSR count). The van der Waals surface area contributed by atoms with Gasteiger partial charge in [0.25, 0.3) is 0 Å². The van der Waals surface area contributed by atoms with E-state index in [1.54, 1.807) is 0 Å². The molecule has 0 saturated heterocycles. The first-order valence-electron chi connectivity index (χ1n) is 5.84. The maximum atomic E-state index is 10.6. The molecule has 17 heavy (non-hydrogen) atoms. The summed E-state index contributed by atoms with van der Waals surface area (Å²) in [6.07, 6.45) is 1.05. The normalized spacial score (nSPS) is 12.5. The first kappa shape index (κ1) is 11.6. The molecule has 0 bridgehead atoms. The Morgan fingerprint density at radius 1 is 1.18 bits per heavy atom. The highest BCUT2D eigenvalue weighted by Crippen LogP contribution is 2.18. The molecular weight excluding hydrogens is 212 g/mol. The molecule has 2 heteroatoms. The van der Waals surface area contributed by atoms with E-state index < -0.39 is 5.97 Å². The van der Waals surface area contributed by atoms with Crippen molar-refractivity contribution in [1.29, 1.82) is 0 Å². The van der Waals surface area contributed by atoms with E-state index in [1.807, 2.05) is 19.1 Å². The highest BCUT2D eigenvalue weighted by molar-refractivity contribution is 5.83. The molecule has 0 radical (unpaired) electrons. The molecule has 1 N–H and O–H groups in total. The molecule has 1 atom stereocenters. The summed E-state index contributed by atoms with van der Waals surface area (Å²) in [7, 11) is 0. The van der Waals surface area contributed by atoms with Gasteiger partial charge in [-0.05, 0) is 28.7 Å². The second-order valence-electron chi connectivity index (χ2n) is 4.59. The van der Waals surface area contributed by atoms with Crippen LogP contribution in [-0.2, 0) is 11.2 Å². The number of aliphatic carboxylic acids is 1. The van der Waals surface area contributed by atoms with E-state index in [0.29, 0.717) is 0 Å². The molecule has 0 fully saturated rings. The van der Waals surface area contributed by atoms with Gasteiger partial charge in [-0.3, -0.25) is 4.79 Å². The molecule has 0 saturated carbocycles. The van der Waals surface area contributed by atoms with Gasteiger partial charge in [-0.2, -0.15) is 0 Å². The van der Waals surface area contributed by atoms with Crippen molar-refractivity contribution in [3.05, 3.63) is 48.0 Å². The van der Waals surface area contributed by atoms with Crippen molar-refractivity contribution in [1.82, 2.24) is 0 Å². The number of rotatable bonds is 4. The maximum absolute atomic E-state index is 10.6. The van der Waals surface area contributed by atoms with Crippen LogP contribution < -0.4 is 0 Å². The van der Waals surface area contributed by atoms with Crippen molar-refractivity contribution in [3.63, 3.8) is 0 Å². The standard InChI is InChI=1S/C15H16O2/c1-11(9-15(16)17)8-12-6-7-13-4-2-3-5-14(13)10-12/h2-7,10-11H,8-9H2,1H3,(H,16,17). The number of carbonyl (C=O) groups is 1. The lowest BCUT2D eigenvalue weighted by Crippen LogP contribution is -2.06. The predicted octanol–water partition coefficient (Wildman–Crippen LogP) is 3.49. The number of carboxylic acids is 1. The summed E-state index contributed by atoms with van der Waals surface area (Å²) in [5, 5.41) is 11.2. The fourth-order valence-electron chi connectivity index (χ4n) is 2.14. The molecule has 0 aliphatic heterocycles. The Morgan fingerprint density at radius 3 is 2.59 bits per heavy atom. The zero-order valence-electron chi connectivity index (χ0n) is 9.89. The second kappa shape index (κ2) is 5.00. The van der Waals surface area contributed by atoms with E-state index in [1.165, 1.54) is 16.3 Å². The van der Waals surface area contributed by atoms with Gasteiger partial charge in [-0.15, -0.1) is 0 Å². The number of fused-ring (bicyclic) bond motifs is 1. The van der Waals surface area contributed by atoms with Gasteiger partial charge in [0.05, 0.1) is 0 Å². The van der Waals surface area contributed by atoms with Gasteiger partial charge in [0.15, 0.2) is 0 Å². The van der Waals surface area contributed by atoms with Crippen LogP contribution in [-0.4, -0.2) is 11.1 Å². The largest absolute Gasteiger partial charge is 0.481 e. The lowest BCUT2D eigenvalue weighted by Gasteiger charge is -2.09. The third kappa shape index (κ3) is 3.06. The summed E-state index contributed by atoms with van der Waals surface area (Å²) in [5.41, 5.74) is 1.21. The van der Waals surface area contributed by atoms with Crippen LogP contribution in [0.15, 0.2) is 42.5 Å². The molecule has 2 nitrogen and oxygen atoms in total. The first-order chi connectivity index (χ1) is 8.15. The highest BCUT2D eigenvalue weighted by atomic mass is 16.4. The molecule has 1 unspecified atom stereocenters. The minimum atomic E-state index is -0.724. The van der Waals surface area contributed by atoms with Crippen molar-refractivity contribution < 1.29 is 9.90 Å². The molecule has 0 heterocycles. The first-order valence-corrected chi connectivity index (χ1v) is 5.84. The van der Waals surface area contributed by atoms with Crippen LogP contribution in [0.5, 0.6) is 0 Å². The molecule has 0 aliphatic carbocycles. The fraction of sp³-hybridized carbons (Fsp3) is 0.267. The Morgan fingerprint density at radius 2 is 1.88 bits per heavy atom. The van der Waals surface area contributed by atoms with Gasteiger partial charge in [-0.25, -0.2) is 0 Å². The van der Waals surface area contributed by atoms with E-state index in [4.69, 9.17) is 5.11 Å². The van der Waals surface area contributed by atoms with Gasteiger partial charge in [0, 0.05) is 6.42 Å². The molecule has 2 aromatic carbocycles. The SMILES string of the molecule is CC(CC(=O)O)Cc1ccc2ccccc2c1. The van der Waals surface area contributed by atoms with Crippen molar-refractivity contribution in [2.45, 2.75) is 19.8 Å². The molecule has 0 aliphatic rings. The molecule has 88 valence electrons. The quantitative estimate of drug-likeness (QED) is 0.869. The van der Waals surface area contributed by atoms with Gasteiger partial charge in [0.1, 0.15) is 0 Å². The van der Waals surface area contributed by atoms with Crippen molar-refractivity contribution in [2.75, 3.05) is 0 Å². The van der Waals surface area contributed by atoms with Crippen LogP contribution in [0.2, 0.25) is 0 Å². The summed E-state index contributed by atoms with van der Waals surface area (Å²) < 4.78 is 0. The third-order valence-corrected chi connectivity index (χ3v) is 2.92. The van der Waals surface area contributed by atoms with Crippen molar-refractivity contribution in [2.24, 2.45) is 5.92 Å². The number of hydrogen-bond acceptors (Lipinski definition) is 1. The van der Waals surface area contributed by atoms with Gasteiger partial charge in [-0.1, -0.05) is 49.4 Å². The Hall–Kier alpha value is -1.83. The van der Waals surface area contributed by atoms with Crippen LogP contribution in [0.25, 0.3) is 10.8 Å². The summed E-state index contributed by atoms with van der Waals surface area (Å²) in [6, 6.07) is 14.5. The molecular formula is C15H16O2. The lowest BCUT2D eigenvalue weighted by molar-refractivity contribution is -0.137. The average molecular weight is 228 g/mol. The predicted molar refractivity (Wildman–Crippen MR) is 69.1 cm³/mol. The van der Waals surface area contributed by atoms with Crippen molar-refractivity contribution in [3.8, 4) is 0 Å². The summed E-state index contributed by atoms with van der Waals surface area (Å²) in [5.74, 6) is -0.549. The number of carboxylic acid groups (broad SMARTS) is 1. The zero-order valence-corrected chi connectivity index (χ0v) is 9.89. The smallest absolute Gasteiger partial charge is 0.303 e. The van der Waals surface area contributed by atoms with Crippen LogP contribution in [0, 0.1) is 5.92 Å². The summed E-state index contributed by atoms with van der Waals surface area (Å²) in [4.78, 5) is 10.6. The summed E-state index contributed by atoms with van der Waals surface area (Å²) >= 11 is 0. The molecule has 0 aromatic heterocycles. The monoisotopic (exact) mass is 228 g/mol.